The Morgan fingerprint density at radius 3 is 2.47 bits per heavy atom. The molecule has 1 fully saturated rings. The lowest BCUT2D eigenvalue weighted by Gasteiger charge is -2.42. The Hall–Kier alpha value is -0.930. The minimum Gasteiger partial charge on any atom is -0.379 e. The van der Waals surface area contributed by atoms with E-state index in [1.54, 1.807) is 0 Å². The van der Waals surface area contributed by atoms with Gasteiger partial charge in [-0.25, -0.2) is 4.39 Å². The van der Waals surface area contributed by atoms with Gasteiger partial charge in [-0.15, -0.1) is 0 Å². The number of halogens is 1. The number of hydrogen-bond acceptors (Lipinski definition) is 2. The summed E-state index contributed by atoms with van der Waals surface area (Å²) in [5.41, 5.74) is 1.29. The summed E-state index contributed by atoms with van der Waals surface area (Å²) in [4.78, 5) is 0. The van der Waals surface area contributed by atoms with Gasteiger partial charge < -0.3 is 10.1 Å². The summed E-state index contributed by atoms with van der Waals surface area (Å²) in [6, 6.07) is 6.78. The largest absolute Gasteiger partial charge is 0.379 e. The predicted molar refractivity (Wildman–Crippen MR) is 57.4 cm³/mol. The number of benzene rings is 1. The Labute approximate surface area is 89.4 Å². The van der Waals surface area contributed by atoms with Gasteiger partial charge >= 0.3 is 0 Å². The molecule has 1 heterocycles. The van der Waals surface area contributed by atoms with Gasteiger partial charge in [-0.1, -0.05) is 12.1 Å². The smallest absolute Gasteiger partial charge is 0.123 e. The van der Waals surface area contributed by atoms with E-state index in [4.69, 9.17) is 4.74 Å². The van der Waals surface area contributed by atoms with Crippen molar-refractivity contribution in [1.29, 1.82) is 0 Å². The van der Waals surface area contributed by atoms with E-state index in [1.807, 2.05) is 19.2 Å². The van der Waals surface area contributed by atoms with Crippen LogP contribution < -0.4 is 5.32 Å². The summed E-state index contributed by atoms with van der Waals surface area (Å²) in [5, 5.41) is 3.14. The van der Waals surface area contributed by atoms with Crippen molar-refractivity contribution in [3.63, 3.8) is 0 Å². The molecule has 0 amide bonds. The van der Waals surface area contributed by atoms with Crippen molar-refractivity contribution in [2.75, 3.05) is 26.8 Å². The minimum atomic E-state index is -0.178. The fourth-order valence-corrected chi connectivity index (χ4v) is 1.97. The lowest BCUT2D eigenvalue weighted by atomic mass is 9.76. The Balaban J connectivity index is 2.14. The first kappa shape index (κ1) is 10.6. The van der Waals surface area contributed by atoms with Crippen molar-refractivity contribution < 1.29 is 9.13 Å². The fourth-order valence-electron chi connectivity index (χ4n) is 1.97. The molecule has 3 heteroatoms. The van der Waals surface area contributed by atoms with E-state index in [9.17, 15) is 4.39 Å². The molecule has 1 aromatic rings. The zero-order chi connectivity index (χ0) is 10.7. The summed E-state index contributed by atoms with van der Waals surface area (Å²) in [6.07, 6.45) is 1.04. The molecule has 0 aromatic heterocycles. The SMILES string of the molecule is CNCCC1(c2ccc(F)cc2)COC1. The van der Waals surface area contributed by atoms with Gasteiger partial charge in [0.1, 0.15) is 5.82 Å². The predicted octanol–water partition coefficient (Wildman–Crippen LogP) is 1.70. The molecule has 2 nitrogen and oxygen atoms in total. The second-order valence-corrected chi connectivity index (χ2v) is 4.13. The van der Waals surface area contributed by atoms with Crippen LogP contribution in [-0.2, 0) is 10.2 Å². The molecule has 1 aliphatic rings. The summed E-state index contributed by atoms with van der Waals surface area (Å²) in [6.45, 7) is 2.46. The van der Waals surface area contributed by atoms with Gasteiger partial charge in [0.15, 0.2) is 0 Å². The maximum absolute atomic E-state index is 12.8. The van der Waals surface area contributed by atoms with Crippen LogP contribution in [-0.4, -0.2) is 26.8 Å². The molecule has 0 bridgehead atoms. The Morgan fingerprint density at radius 2 is 2.00 bits per heavy atom. The van der Waals surface area contributed by atoms with Gasteiger partial charge in [0, 0.05) is 5.41 Å². The van der Waals surface area contributed by atoms with Gasteiger partial charge in [-0.05, 0) is 37.7 Å². The van der Waals surface area contributed by atoms with Crippen LogP contribution in [0.4, 0.5) is 4.39 Å². The Bertz CT molecular complexity index is 319. The normalized spacial score (nSPS) is 18.5. The maximum atomic E-state index is 12.8. The summed E-state index contributed by atoms with van der Waals surface area (Å²) in [7, 11) is 1.94. The fraction of sp³-hybridized carbons (Fsp3) is 0.500. The molecule has 0 saturated carbocycles. The van der Waals surface area contributed by atoms with E-state index < -0.39 is 0 Å². The molecule has 0 atom stereocenters. The first-order valence-corrected chi connectivity index (χ1v) is 5.25. The number of ether oxygens (including phenoxy) is 1. The monoisotopic (exact) mass is 209 g/mol. The van der Waals surface area contributed by atoms with Crippen molar-refractivity contribution in [3.05, 3.63) is 35.6 Å². The number of rotatable bonds is 4. The van der Waals surface area contributed by atoms with E-state index in [2.05, 4.69) is 5.32 Å². The first-order valence-electron chi connectivity index (χ1n) is 5.25. The topological polar surface area (TPSA) is 21.3 Å². The third-order valence-corrected chi connectivity index (χ3v) is 3.07. The number of nitrogens with one attached hydrogen (secondary N) is 1. The molecule has 82 valence electrons. The standard InChI is InChI=1S/C12H16FNO/c1-14-7-6-12(8-15-9-12)10-2-4-11(13)5-3-10/h2-5,14H,6-9H2,1H3. The zero-order valence-electron chi connectivity index (χ0n) is 8.92. The number of hydrogen-bond donors (Lipinski definition) is 1. The summed E-state index contributed by atoms with van der Waals surface area (Å²) < 4.78 is 18.1. The van der Waals surface area contributed by atoms with Crippen LogP contribution in [0, 0.1) is 5.82 Å². The first-order chi connectivity index (χ1) is 7.27. The molecular formula is C12H16FNO. The van der Waals surface area contributed by atoms with Crippen LogP contribution >= 0.6 is 0 Å². The second kappa shape index (κ2) is 4.29. The van der Waals surface area contributed by atoms with Gasteiger partial charge in [0.05, 0.1) is 13.2 Å². The van der Waals surface area contributed by atoms with Crippen LogP contribution in [0.2, 0.25) is 0 Å². The third kappa shape index (κ3) is 2.03. The quantitative estimate of drug-likeness (QED) is 0.815. The molecule has 0 unspecified atom stereocenters. The van der Waals surface area contributed by atoms with Crippen LogP contribution in [0.15, 0.2) is 24.3 Å². The molecule has 1 aromatic carbocycles. The van der Waals surface area contributed by atoms with E-state index in [0.717, 1.165) is 26.2 Å². The van der Waals surface area contributed by atoms with Crippen molar-refractivity contribution in [2.45, 2.75) is 11.8 Å². The Kier molecular flexibility index (Phi) is 3.03. The van der Waals surface area contributed by atoms with E-state index in [0.29, 0.717) is 0 Å². The molecule has 0 spiro atoms. The van der Waals surface area contributed by atoms with Crippen molar-refractivity contribution in [2.24, 2.45) is 0 Å². The molecule has 0 radical (unpaired) electrons. The third-order valence-electron chi connectivity index (χ3n) is 3.07. The second-order valence-electron chi connectivity index (χ2n) is 4.13. The lowest BCUT2D eigenvalue weighted by molar-refractivity contribution is -0.0638. The van der Waals surface area contributed by atoms with E-state index >= 15 is 0 Å². The van der Waals surface area contributed by atoms with E-state index in [1.165, 1.54) is 17.7 Å². The van der Waals surface area contributed by atoms with Crippen LogP contribution in [0.25, 0.3) is 0 Å². The van der Waals surface area contributed by atoms with Crippen LogP contribution in [0.1, 0.15) is 12.0 Å². The average Bonchev–Trinajstić information content (AvgIpc) is 2.19. The lowest BCUT2D eigenvalue weighted by Crippen LogP contribution is -2.48. The molecule has 2 rings (SSSR count). The van der Waals surface area contributed by atoms with Crippen LogP contribution in [0.3, 0.4) is 0 Å². The molecular weight excluding hydrogens is 193 g/mol. The minimum absolute atomic E-state index is 0.108. The highest BCUT2D eigenvalue weighted by atomic mass is 19.1. The molecule has 1 aliphatic heterocycles. The van der Waals surface area contributed by atoms with Gasteiger partial charge in [0.25, 0.3) is 0 Å². The highest BCUT2D eigenvalue weighted by molar-refractivity contribution is 5.28. The molecule has 0 aliphatic carbocycles. The molecule has 15 heavy (non-hydrogen) atoms. The van der Waals surface area contributed by atoms with Crippen molar-refractivity contribution in [3.8, 4) is 0 Å². The highest BCUT2D eigenvalue weighted by Crippen LogP contribution is 2.35. The van der Waals surface area contributed by atoms with Crippen molar-refractivity contribution >= 4 is 0 Å². The molecule has 1 N–H and O–H groups in total. The maximum Gasteiger partial charge on any atom is 0.123 e. The molecule has 1 saturated heterocycles. The highest BCUT2D eigenvalue weighted by Gasteiger charge is 2.39. The average molecular weight is 209 g/mol. The van der Waals surface area contributed by atoms with Gasteiger partial charge in [-0.3, -0.25) is 0 Å². The summed E-state index contributed by atoms with van der Waals surface area (Å²) in [5.74, 6) is -0.178. The summed E-state index contributed by atoms with van der Waals surface area (Å²) >= 11 is 0. The van der Waals surface area contributed by atoms with Crippen molar-refractivity contribution in [1.82, 2.24) is 5.32 Å². The zero-order valence-corrected chi connectivity index (χ0v) is 8.92. The van der Waals surface area contributed by atoms with E-state index in [-0.39, 0.29) is 11.2 Å². The van der Waals surface area contributed by atoms with Gasteiger partial charge in [0.2, 0.25) is 0 Å². The van der Waals surface area contributed by atoms with Gasteiger partial charge in [-0.2, -0.15) is 0 Å². The Morgan fingerprint density at radius 1 is 1.33 bits per heavy atom. The van der Waals surface area contributed by atoms with Crippen LogP contribution in [0.5, 0.6) is 0 Å².